The zero-order valence-corrected chi connectivity index (χ0v) is 15.6. The molecule has 0 saturated heterocycles. The molecule has 7 heteroatoms. The van der Waals surface area contributed by atoms with Gasteiger partial charge in [0, 0.05) is 6.92 Å². The molecule has 0 saturated carbocycles. The second kappa shape index (κ2) is 7.17. The molecular weight excluding hydrogens is 312 g/mol. The number of ether oxygens (including phenoxy) is 2. The van der Waals surface area contributed by atoms with Gasteiger partial charge >= 0.3 is 6.09 Å². The number of rotatable bonds is 4. The highest BCUT2D eigenvalue weighted by Gasteiger charge is 2.32. The number of aromatic nitrogens is 1. The molecule has 1 heterocycles. The maximum absolute atomic E-state index is 12.6. The summed E-state index contributed by atoms with van der Waals surface area (Å²) in [4.78, 5) is 34.1. The van der Waals surface area contributed by atoms with Crippen LogP contribution in [0.4, 0.5) is 10.6 Å². The molecule has 0 spiro atoms. The summed E-state index contributed by atoms with van der Waals surface area (Å²) in [7, 11) is 1.44. The number of nitrogens with zero attached hydrogens (tertiary/aromatic N) is 2. The van der Waals surface area contributed by atoms with Crippen LogP contribution in [0.2, 0.25) is 0 Å². The van der Waals surface area contributed by atoms with Crippen LogP contribution in [0, 0.1) is 0 Å². The van der Waals surface area contributed by atoms with Gasteiger partial charge in [-0.25, -0.2) is 9.78 Å². The van der Waals surface area contributed by atoms with Crippen molar-refractivity contribution < 1.29 is 23.9 Å². The molecule has 1 aromatic rings. The van der Waals surface area contributed by atoms with Crippen LogP contribution in [0.1, 0.15) is 59.0 Å². The highest BCUT2D eigenvalue weighted by atomic mass is 16.7. The Labute approximate surface area is 142 Å². The van der Waals surface area contributed by atoms with E-state index >= 15 is 0 Å². The maximum atomic E-state index is 12.6. The molecule has 0 unspecified atom stereocenters. The van der Waals surface area contributed by atoms with Crippen LogP contribution in [-0.2, 0) is 9.57 Å². The summed E-state index contributed by atoms with van der Waals surface area (Å²) >= 11 is 0. The number of ketones is 1. The van der Waals surface area contributed by atoms with Crippen molar-refractivity contribution in [1.29, 1.82) is 0 Å². The molecule has 0 fully saturated rings. The fourth-order valence-electron chi connectivity index (χ4n) is 1.68. The summed E-state index contributed by atoms with van der Waals surface area (Å²) in [5.41, 5.74) is -1.23. The fourth-order valence-corrected chi connectivity index (χ4v) is 1.68. The Morgan fingerprint density at radius 3 is 2.04 bits per heavy atom. The van der Waals surface area contributed by atoms with Crippen LogP contribution < -0.4 is 9.80 Å². The van der Waals surface area contributed by atoms with Crippen LogP contribution in [0.5, 0.6) is 5.75 Å². The van der Waals surface area contributed by atoms with Gasteiger partial charge in [0.15, 0.2) is 11.5 Å². The van der Waals surface area contributed by atoms with Crippen molar-refractivity contribution in [3.8, 4) is 5.75 Å². The van der Waals surface area contributed by atoms with Crippen LogP contribution in [-0.4, -0.2) is 35.2 Å². The van der Waals surface area contributed by atoms with E-state index in [2.05, 4.69) is 4.98 Å². The average molecular weight is 338 g/mol. The van der Waals surface area contributed by atoms with E-state index < -0.39 is 17.3 Å². The molecule has 0 radical (unpaired) electrons. The van der Waals surface area contributed by atoms with Gasteiger partial charge in [-0.3, -0.25) is 9.63 Å². The first-order valence-corrected chi connectivity index (χ1v) is 7.62. The average Bonchev–Trinajstić information content (AvgIpc) is 2.41. The highest BCUT2D eigenvalue weighted by Crippen LogP contribution is 2.30. The topological polar surface area (TPSA) is 78.0 Å². The minimum absolute atomic E-state index is 0.0642. The lowest BCUT2D eigenvalue weighted by Crippen LogP contribution is -2.42. The number of methoxy groups -OCH3 is 1. The monoisotopic (exact) mass is 338 g/mol. The molecule has 1 amide bonds. The van der Waals surface area contributed by atoms with Crippen LogP contribution >= 0.6 is 0 Å². The van der Waals surface area contributed by atoms with Gasteiger partial charge in [0.05, 0.1) is 12.7 Å². The third-order valence-corrected chi connectivity index (χ3v) is 2.54. The zero-order chi connectivity index (χ0) is 18.7. The number of hydroxylamine groups is 1. The van der Waals surface area contributed by atoms with Gasteiger partial charge < -0.3 is 9.47 Å². The van der Waals surface area contributed by atoms with Crippen LogP contribution in [0.25, 0.3) is 0 Å². The molecule has 0 atom stereocenters. The maximum Gasteiger partial charge on any atom is 0.440 e. The Kier molecular flexibility index (Phi) is 5.94. The lowest BCUT2D eigenvalue weighted by molar-refractivity contribution is -0.0368. The first-order chi connectivity index (χ1) is 10.8. The molecule has 0 bridgehead atoms. The molecular formula is C17H26N2O5. The lowest BCUT2D eigenvalue weighted by atomic mass is 10.2. The first kappa shape index (κ1) is 19.9. The SMILES string of the molecule is COc1ccc(C(C)=O)nc1N(OC(C)(C)C)C(=O)OC(C)(C)C. The smallest absolute Gasteiger partial charge is 0.440 e. The molecule has 1 rings (SSSR count). The predicted octanol–water partition coefficient (Wildman–Crippen LogP) is 3.76. The van der Waals surface area contributed by atoms with Crippen LogP contribution in [0.3, 0.4) is 0 Å². The molecule has 24 heavy (non-hydrogen) atoms. The van der Waals surface area contributed by atoms with E-state index in [1.165, 1.54) is 20.1 Å². The summed E-state index contributed by atoms with van der Waals surface area (Å²) in [6.07, 6.45) is -0.746. The van der Waals surface area contributed by atoms with Gasteiger partial charge in [0.2, 0.25) is 5.82 Å². The van der Waals surface area contributed by atoms with Crippen molar-refractivity contribution in [2.24, 2.45) is 0 Å². The van der Waals surface area contributed by atoms with Crippen molar-refractivity contribution in [2.45, 2.75) is 59.7 Å². The Morgan fingerprint density at radius 1 is 1.04 bits per heavy atom. The number of pyridine rings is 1. The first-order valence-electron chi connectivity index (χ1n) is 7.62. The number of carbonyl (C=O) groups is 2. The fraction of sp³-hybridized carbons (Fsp3) is 0.588. The van der Waals surface area contributed by atoms with E-state index in [-0.39, 0.29) is 23.0 Å². The van der Waals surface area contributed by atoms with Gasteiger partial charge in [-0.05, 0) is 53.7 Å². The standard InChI is InChI=1S/C17H26N2O5/c1-11(20)12-9-10-13(22-8)14(18-12)19(24-17(5,6)7)15(21)23-16(2,3)4/h9-10H,1-8H3. The highest BCUT2D eigenvalue weighted by molar-refractivity contribution is 5.94. The summed E-state index contributed by atoms with van der Waals surface area (Å²) in [6.45, 7) is 12.0. The Bertz CT molecular complexity index is 614. The van der Waals surface area contributed by atoms with Gasteiger partial charge in [-0.1, -0.05) is 0 Å². The van der Waals surface area contributed by atoms with E-state index in [9.17, 15) is 9.59 Å². The predicted molar refractivity (Wildman–Crippen MR) is 90.3 cm³/mol. The second-order valence-corrected chi connectivity index (χ2v) is 7.26. The molecule has 0 aliphatic heterocycles. The molecule has 0 aromatic carbocycles. The third-order valence-electron chi connectivity index (χ3n) is 2.54. The lowest BCUT2D eigenvalue weighted by Gasteiger charge is -2.31. The van der Waals surface area contributed by atoms with E-state index in [0.29, 0.717) is 0 Å². The van der Waals surface area contributed by atoms with Crippen molar-refractivity contribution in [1.82, 2.24) is 4.98 Å². The van der Waals surface area contributed by atoms with Gasteiger partial charge in [-0.2, -0.15) is 0 Å². The largest absolute Gasteiger partial charge is 0.493 e. The molecule has 1 aromatic heterocycles. The van der Waals surface area contributed by atoms with E-state index in [0.717, 1.165) is 5.06 Å². The van der Waals surface area contributed by atoms with E-state index in [1.807, 2.05) is 0 Å². The van der Waals surface area contributed by atoms with Gasteiger partial charge in [0.1, 0.15) is 11.3 Å². The van der Waals surface area contributed by atoms with Crippen molar-refractivity contribution in [3.05, 3.63) is 17.8 Å². The van der Waals surface area contributed by atoms with E-state index in [1.54, 1.807) is 47.6 Å². The zero-order valence-electron chi connectivity index (χ0n) is 15.6. The Morgan fingerprint density at radius 2 is 1.62 bits per heavy atom. The van der Waals surface area contributed by atoms with Gasteiger partial charge in [-0.15, -0.1) is 5.06 Å². The number of anilines is 1. The molecule has 0 N–H and O–H groups in total. The van der Waals surface area contributed by atoms with Crippen LogP contribution in [0.15, 0.2) is 12.1 Å². The summed E-state index contributed by atoms with van der Waals surface area (Å²) < 4.78 is 10.6. The quantitative estimate of drug-likeness (QED) is 0.614. The molecule has 134 valence electrons. The van der Waals surface area contributed by atoms with Gasteiger partial charge in [0.25, 0.3) is 0 Å². The summed E-state index contributed by atoms with van der Waals surface area (Å²) in [5.74, 6) is 0.114. The summed E-state index contributed by atoms with van der Waals surface area (Å²) in [5, 5.41) is 0.927. The van der Waals surface area contributed by atoms with Crippen molar-refractivity contribution in [2.75, 3.05) is 12.2 Å². The van der Waals surface area contributed by atoms with Crippen molar-refractivity contribution in [3.63, 3.8) is 0 Å². The van der Waals surface area contributed by atoms with Crippen molar-refractivity contribution >= 4 is 17.7 Å². The second-order valence-electron chi connectivity index (χ2n) is 7.26. The number of Topliss-reactive ketones (excluding diaryl/α,β-unsaturated/α-hetero) is 1. The normalized spacial score (nSPS) is 11.8. The number of hydrogen-bond donors (Lipinski definition) is 0. The molecule has 0 aliphatic carbocycles. The Balaban J connectivity index is 3.39. The molecule has 7 nitrogen and oxygen atoms in total. The third kappa shape index (κ3) is 5.81. The minimum atomic E-state index is -0.746. The summed E-state index contributed by atoms with van der Waals surface area (Å²) in [6, 6.07) is 3.08. The minimum Gasteiger partial charge on any atom is -0.493 e. The number of hydrogen-bond acceptors (Lipinski definition) is 6. The van der Waals surface area contributed by atoms with E-state index in [4.69, 9.17) is 14.3 Å². The number of carbonyl (C=O) groups excluding carboxylic acids is 2. The molecule has 0 aliphatic rings. The Hall–Kier alpha value is -2.15. The number of amides is 1.